The van der Waals surface area contributed by atoms with Crippen LogP contribution < -0.4 is 26.1 Å². The lowest BCUT2D eigenvalue weighted by Gasteiger charge is -2.28. The molecular weight excluding hydrogens is 396 g/mol. The third-order valence-corrected chi connectivity index (χ3v) is 5.24. The first kappa shape index (κ1) is 17.6. The summed E-state index contributed by atoms with van der Waals surface area (Å²) in [6.07, 6.45) is 8.64. The maximum absolute atomic E-state index is 2.31. The number of halogens is 1. The highest BCUT2D eigenvalue weighted by Gasteiger charge is 2.40. The van der Waals surface area contributed by atoms with Crippen LogP contribution in [0, 0.1) is 0 Å². The lowest BCUT2D eigenvalue weighted by atomic mass is 9.79. The molecule has 2 heterocycles. The molecule has 0 bridgehead atoms. The Hall–Kier alpha value is -2.78. The van der Waals surface area contributed by atoms with E-state index in [2.05, 4.69) is 119 Å². The van der Waals surface area contributed by atoms with Gasteiger partial charge in [0.1, 0.15) is 0 Å². The summed E-state index contributed by atoms with van der Waals surface area (Å²) in [5.41, 5.74) is 5.46. The number of hydrogen-bond donors (Lipinski definition) is 0. The number of nitrogens with zero attached hydrogens (tertiary/aromatic N) is 2. The van der Waals surface area contributed by atoms with Gasteiger partial charge in [0.25, 0.3) is 0 Å². The molecule has 0 N–H and O–H groups in total. The van der Waals surface area contributed by atoms with Gasteiger partial charge >= 0.3 is 0 Å². The highest BCUT2D eigenvalue weighted by Crippen LogP contribution is 2.40. The molecule has 0 saturated carbocycles. The van der Waals surface area contributed by atoms with E-state index in [1.807, 2.05) is 0 Å². The zero-order valence-electron chi connectivity index (χ0n) is 14.8. The first-order valence-electron chi connectivity index (χ1n) is 9.03. The molecule has 2 nitrogen and oxygen atoms in total. The molecule has 1 aliphatic rings. The molecule has 0 unspecified atom stereocenters. The average Bonchev–Trinajstić information content (AvgIpc) is 2.73. The van der Waals surface area contributed by atoms with Crippen molar-refractivity contribution >= 4 is 0 Å². The molecule has 0 amide bonds. The molecule has 2 aromatic heterocycles. The third kappa shape index (κ3) is 2.98. The van der Waals surface area contributed by atoms with E-state index in [1.54, 1.807) is 0 Å². The van der Waals surface area contributed by atoms with Gasteiger partial charge in [-0.05, 0) is 0 Å². The third-order valence-electron chi connectivity index (χ3n) is 5.24. The largest absolute Gasteiger partial charge is 1.00 e. The van der Waals surface area contributed by atoms with Gasteiger partial charge in [-0.15, -0.1) is 0 Å². The topological polar surface area (TPSA) is 7.76 Å². The van der Waals surface area contributed by atoms with E-state index in [1.165, 1.54) is 22.3 Å². The summed E-state index contributed by atoms with van der Waals surface area (Å²) in [6, 6.07) is 30.6. The summed E-state index contributed by atoms with van der Waals surface area (Å²) >= 11 is 0. The fourth-order valence-electron chi connectivity index (χ4n) is 4.16. The first-order chi connectivity index (χ1) is 12.9. The lowest BCUT2D eigenvalue weighted by Crippen LogP contribution is -3.00. The van der Waals surface area contributed by atoms with Gasteiger partial charge < -0.3 is 17.0 Å². The Kier molecular flexibility index (Phi) is 4.87. The van der Waals surface area contributed by atoms with Crippen molar-refractivity contribution < 1.29 is 26.1 Å². The minimum Gasteiger partial charge on any atom is -1.00 e. The van der Waals surface area contributed by atoms with Crippen LogP contribution in [0.5, 0.6) is 0 Å². The Morgan fingerprint density at radius 3 is 1.00 bits per heavy atom. The quantitative estimate of drug-likeness (QED) is 0.377. The van der Waals surface area contributed by atoms with Gasteiger partial charge in [-0.1, -0.05) is 60.7 Å². The van der Waals surface area contributed by atoms with E-state index in [0.717, 1.165) is 0 Å². The summed E-state index contributed by atoms with van der Waals surface area (Å²) in [7, 11) is 0. The van der Waals surface area contributed by atoms with Crippen molar-refractivity contribution in [2.45, 2.75) is 12.1 Å². The summed E-state index contributed by atoms with van der Waals surface area (Å²) in [5.74, 6) is 0. The van der Waals surface area contributed by atoms with Crippen LogP contribution in [-0.2, 0) is 0 Å². The number of hydrogen-bond acceptors (Lipinski definition) is 0. The second-order valence-electron chi connectivity index (χ2n) is 6.71. The van der Waals surface area contributed by atoms with E-state index in [4.69, 9.17) is 0 Å². The zero-order valence-corrected chi connectivity index (χ0v) is 16.4. The first-order valence-corrected chi connectivity index (χ1v) is 9.03. The molecule has 0 aliphatic heterocycles. The molecule has 0 fully saturated rings. The fourth-order valence-corrected chi connectivity index (χ4v) is 4.16. The molecular formula is C24H20BrN2+. The molecule has 0 atom stereocenters. The molecule has 5 rings (SSSR count). The van der Waals surface area contributed by atoms with Crippen LogP contribution >= 0.6 is 0 Å². The molecule has 2 aromatic carbocycles. The Balaban J connectivity index is 0.00000180. The van der Waals surface area contributed by atoms with Gasteiger partial charge in [0, 0.05) is 46.5 Å². The average molecular weight is 416 g/mol. The number of pyridine rings is 2. The van der Waals surface area contributed by atoms with Crippen molar-refractivity contribution in [2.75, 3.05) is 0 Å². The van der Waals surface area contributed by atoms with Crippen LogP contribution in [0.3, 0.4) is 0 Å². The maximum Gasteiger partial charge on any atom is 0.209 e. The standard InChI is InChI=1S/C24H20N2.BrH/c1-7-15-25(16-8-1)23-19-11-3-5-13-21(19)24(26-17-9-2-10-18-26)22-14-6-4-12-20(22)23;/h1-18,23-24H;1H/q+2;/p-1. The summed E-state index contributed by atoms with van der Waals surface area (Å²) < 4.78 is 4.62. The van der Waals surface area contributed by atoms with Crippen LogP contribution in [0.15, 0.2) is 110 Å². The van der Waals surface area contributed by atoms with E-state index >= 15 is 0 Å². The summed E-state index contributed by atoms with van der Waals surface area (Å²) in [4.78, 5) is 0. The minimum atomic E-state index is 0. The minimum absolute atomic E-state index is 0. The molecule has 3 heteroatoms. The smallest absolute Gasteiger partial charge is 0.209 e. The predicted octanol–water partition coefficient (Wildman–Crippen LogP) is 0.854. The Morgan fingerprint density at radius 1 is 0.407 bits per heavy atom. The van der Waals surface area contributed by atoms with Crippen LogP contribution in [0.4, 0.5) is 0 Å². The van der Waals surface area contributed by atoms with Crippen molar-refractivity contribution in [2.24, 2.45) is 0 Å². The second kappa shape index (κ2) is 7.45. The van der Waals surface area contributed by atoms with E-state index < -0.39 is 0 Å². The van der Waals surface area contributed by atoms with Crippen LogP contribution in [0.2, 0.25) is 0 Å². The van der Waals surface area contributed by atoms with E-state index in [0.29, 0.717) is 0 Å². The molecule has 4 aromatic rings. The Labute approximate surface area is 170 Å². The summed E-state index contributed by atoms with van der Waals surface area (Å²) in [6.45, 7) is 0. The number of rotatable bonds is 2. The van der Waals surface area contributed by atoms with Crippen LogP contribution in [0.1, 0.15) is 34.3 Å². The molecule has 132 valence electrons. The number of fused-ring (bicyclic) bond motifs is 2. The molecule has 1 aliphatic carbocycles. The molecule has 0 spiro atoms. The van der Waals surface area contributed by atoms with Crippen LogP contribution in [-0.4, -0.2) is 0 Å². The van der Waals surface area contributed by atoms with E-state index in [9.17, 15) is 0 Å². The van der Waals surface area contributed by atoms with Gasteiger partial charge in [-0.2, -0.15) is 9.13 Å². The normalized spacial score (nSPS) is 17.3. The van der Waals surface area contributed by atoms with Crippen LogP contribution in [0.25, 0.3) is 0 Å². The van der Waals surface area contributed by atoms with Gasteiger partial charge in [-0.25, -0.2) is 0 Å². The monoisotopic (exact) mass is 415 g/mol. The van der Waals surface area contributed by atoms with Crippen molar-refractivity contribution in [3.05, 3.63) is 132 Å². The number of benzene rings is 2. The SMILES string of the molecule is [Br-].c1cc[n+](C2c3ccccc3C([n+]3ccccc3)c3ccccc32)cc1. The molecule has 0 saturated heterocycles. The molecule has 27 heavy (non-hydrogen) atoms. The van der Waals surface area contributed by atoms with Gasteiger partial charge in [-0.3, -0.25) is 0 Å². The predicted molar refractivity (Wildman–Crippen MR) is 101 cm³/mol. The van der Waals surface area contributed by atoms with Crippen molar-refractivity contribution in [3.8, 4) is 0 Å². The zero-order chi connectivity index (χ0) is 17.3. The maximum atomic E-state index is 2.31. The Morgan fingerprint density at radius 2 is 0.704 bits per heavy atom. The number of aromatic nitrogens is 2. The van der Waals surface area contributed by atoms with Gasteiger partial charge in [0.05, 0.1) is 0 Å². The highest BCUT2D eigenvalue weighted by molar-refractivity contribution is 5.49. The van der Waals surface area contributed by atoms with Gasteiger partial charge in [0.2, 0.25) is 12.1 Å². The van der Waals surface area contributed by atoms with Gasteiger partial charge in [0.15, 0.2) is 24.8 Å². The fraction of sp³-hybridized carbons (Fsp3) is 0.0833. The Bertz CT molecular complexity index is 915. The molecule has 0 radical (unpaired) electrons. The highest BCUT2D eigenvalue weighted by atomic mass is 79.9. The summed E-state index contributed by atoms with van der Waals surface area (Å²) in [5, 5.41) is 0. The van der Waals surface area contributed by atoms with Crippen molar-refractivity contribution in [3.63, 3.8) is 0 Å². The van der Waals surface area contributed by atoms with E-state index in [-0.39, 0.29) is 29.1 Å². The van der Waals surface area contributed by atoms with Crippen molar-refractivity contribution in [1.29, 1.82) is 0 Å². The van der Waals surface area contributed by atoms with Crippen molar-refractivity contribution in [1.82, 2.24) is 0 Å². The second-order valence-corrected chi connectivity index (χ2v) is 6.71. The lowest BCUT2D eigenvalue weighted by molar-refractivity contribution is -0.716.